The Morgan fingerprint density at radius 3 is 2.35 bits per heavy atom. The van der Waals surface area contributed by atoms with Crippen LogP contribution < -0.4 is 11.1 Å². The van der Waals surface area contributed by atoms with Crippen LogP contribution in [0.4, 0.5) is 15.3 Å². The van der Waals surface area contributed by atoms with Crippen molar-refractivity contribution in [2.75, 3.05) is 18.4 Å². The Bertz CT molecular complexity index is 829. The molecule has 2 aromatic rings. The highest BCUT2D eigenvalue weighted by Crippen LogP contribution is 2.18. The van der Waals surface area contributed by atoms with E-state index in [1.54, 1.807) is 39.0 Å². The summed E-state index contributed by atoms with van der Waals surface area (Å²) in [6, 6.07) is 4.58. The highest BCUT2D eigenvalue weighted by molar-refractivity contribution is 6.00. The third-order valence-corrected chi connectivity index (χ3v) is 3.54. The second-order valence-corrected chi connectivity index (χ2v) is 6.95. The molecule has 1 aromatic carbocycles. The maximum Gasteiger partial charge on any atom is 0.418 e. The zero-order chi connectivity index (χ0) is 19.5. The summed E-state index contributed by atoms with van der Waals surface area (Å²) < 4.78 is 5.26. The second kappa shape index (κ2) is 7.65. The van der Waals surface area contributed by atoms with E-state index < -0.39 is 17.7 Å². The average Bonchev–Trinajstić information content (AvgIpc) is 2.52. The molecule has 0 radical (unpaired) electrons. The monoisotopic (exact) mass is 359 g/mol. The third-order valence-electron chi connectivity index (χ3n) is 3.54. The van der Waals surface area contributed by atoms with Crippen LogP contribution in [-0.2, 0) is 4.74 Å². The van der Waals surface area contributed by atoms with Crippen LogP contribution in [0.5, 0.6) is 0 Å². The lowest BCUT2D eigenvalue weighted by atomic mass is 10.2. The van der Waals surface area contributed by atoms with E-state index in [2.05, 4.69) is 15.3 Å². The Balaban J connectivity index is 2.21. The number of nitrogens with zero attached hydrogens (tertiary/aromatic N) is 3. The summed E-state index contributed by atoms with van der Waals surface area (Å²) >= 11 is 0. The maximum atomic E-state index is 12.5. The molecule has 0 aliphatic rings. The van der Waals surface area contributed by atoms with Gasteiger partial charge in [0.2, 0.25) is 0 Å². The number of aromatic nitrogens is 2. The van der Waals surface area contributed by atoms with E-state index >= 15 is 0 Å². The van der Waals surface area contributed by atoms with Gasteiger partial charge in [-0.2, -0.15) is 0 Å². The van der Waals surface area contributed by atoms with Crippen molar-refractivity contribution in [3.63, 3.8) is 0 Å². The first-order chi connectivity index (χ1) is 12.1. The van der Waals surface area contributed by atoms with Gasteiger partial charge in [0.05, 0.1) is 22.4 Å². The molecule has 0 aliphatic carbocycles. The molecule has 1 aromatic heterocycles. The molecule has 1 heterocycles. The number of hydrogen-bond acceptors (Lipinski definition) is 6. The number of ether oxygens (including phenoxy) is 1. The molecule has 2 rings (SSSR count). The Morgan fingerprint density at radius 1 is 1.15 bits per heavy atom. The second-order valence-electron chi connectivity index (χ2n) is 6.95. The van der Waals surface area contributed by atoms with Crippen molar-refractivity contribution in [2.45, 2.75) is 40.2 Å². The predicted molar refractivity (Wildman–Crippen MR) is 100 cm³/mol. The summed E-state index contributed by atoms with van der Waals surface area (Å²) in [4.78, 5) is 34.6. The number of nitrogens with one attached hydrogen (secondary N) is 1. The molecule has 0 aliphatic heterocycles. The summed E-state index contributed by atoms with van der Waals surface area (Å²) in [5.41, 5.74) is 8.38. The molecule has 0 spiro atoms. The summed E-state index contributed by atoms with van der Waals surface area (Å²) in [6.45, 7) is 9.14. The topological polar surface area (TPSA) is 110 Å². The Hall–Kier alpha value is -2.74. The highest BCUT2D eigenvalue weighted by atomic mass is 16.6. The number of rotatable bonds is 3. The number of carbonyl (C=O) groups is 2. The molecule has 8 heteroatoms. The van der Waals surface area contributed by atoms with Crippen LogP contribution in [0.15, 0.2) is 18.2 Å². The molecule has 3 amide bonds. The molecule has 0 saturated carbocycles. The van der Waals surface area contributed by atoms with Gasteiger partial charge in [-0.25, -0.2) is 24.5 Å². The molecule has 0 atom stereocenters. The normalized spacial score (nSPS) is 11.3. The minimum absolute atomic E-state index is 0.0481. The average molecular weight is 359 g/mol. The van der Waals surface area contributed by atoms with Gasteiger partial charge in [-0.1, -0.05) is 0 Å². The smallest absolute Gasteiger partial charge is 0.418 e. The lowest BCUT2D eigenvalue weighted by Crippen LogP contribution is -2.45. The first-order valence-corrected chi connectivity index (χ1v) is 8.37. The standard InChI is InChI=1S/C18H25N5O3/c1-11-12(2)21-15-10-13(6-7-14(15)20-11)22-16(24)23(9-8-19)17(25)26-18(3,4)5/h6-7,10H,8-9,19H2,1-5H3,(H,22,24). The number of benzene rings is 1. The fourth-order valence-electron chi connectivity index (χ4n) is 2.22. The van der Waals surface area contributed by atoms with Crippen LogP contribution in [-0.4, -0.2) is 45.7 Å². The van der Waals surface area contributed by atoms with Crippen molar-refractivity contribution >= 4 is 28.8 Å². The van der Waals surface area contributed by atoms with Gasteiger partial charge in [-0.3, -0.25) is 0 Å². The van der Waals surface area contributed by atoms with E-state index in [1.807, 2.05) is 13.8 Å². The van der Waals surface area contributed by atoms with Crippen molar-refractivity contribution in [2.24, 2.45) is 5.73 Å². The number of aryl methyl sites for hydroxylation is 2. The van der Waals surface area contributed by atoms with Crippen molar-refractivity contribution in [1.82, 2.24) is 14.9 Å². The molecule has 26 heavy (non-hydrogen) atoms. The van der Waals surface area contributed by atoms with Gasteiger partial charge >= 0.3 is 12.1 Å². The van der Waals surface area contributed by atoms with Crippen molar-refractivity contribution < 1.29 is 14.3 Å². The van der Waals surface area contributed by atoms with Gasteiger partial charge in [0.25, 0.3) is 0 Å². The molecule has 0 unspecified atom stereocenters. The van der Waals surface area contributed by atoms with Crippen LogP contribution in [0.1, 0.15) is 32.2 Å². The molecule has 0 fully saturated rings. The molecular formula is C18H25N5O3. The zero-order valence-corrected chi connectivity index (χ0v) is 15.8. The van der Waals surface area contributed by atoms with Crippen molar-refractivity contribution in [3.05, 3.63) is 29.6 Å². The fraction of sp³-hybridized carbons (Fsp3) is 0.444. The van der Waals surface area contributed by atoms with E-state index in [9.17, 15) is 9.59 Å². The van der Waals surface area contributed by atoms with Crippen molar-refractivity contribution in [1.29, 1.82) is 0 Å². The largest absolute Gasteiger partial charge is 0.443 e. The molecule has 140 valence electrons. The van der Waals surface area contributed by atoms with E-state index in [0.717, 1.165) is 21.8 Å². The Kier molecular flexibility index (Phi) is 5.76. The maximum absolute atomic E-state index is 12.5. The number of nitrogens with two attached hydrogens (primary N) is 1. The minimum Gasteiger partial charge on any atom is -0.443 e. The number of anilines is 1. The van der Waals surface area contributed by atoms with Crippen molar-refractivity contribution in [3.8, 4) is 0 Å². The lowest BCUT2D eigenvalue weighted by molar-refractivity contribution is 0.0337. The Morgan fingerprint density at radius 2 is 1.77 bits per heavy atom. The SMILES string of the molecule is Cc1nc2ccc(NC(=O)N(CCN)C(=O)OC(C)(C)C)cc2nc1C. The summed E-state index contributed by atoms with van der Waals surface area (Å²) in [7, 11) is 0. The summed E-state index contributed by atoms with van der Waals surface area (Å²) in [5.74, 6) is 0. The predicted octanol–water partition coefficient (Wildman–Crippen LogP) is 2.97. The third kappa shape index (κ3) is 4.89. The first kappa shape index (κ1) is 19.6. The van der Waals surface area contributed by atoms with E-state index in [4.69, 9.17) is 10.5 Å². The van der Waals surface area contributed by atoms with Gasteiger partial charge < -0.3 is 15.8 Å². The Labute approximate surface area is 152 Å². The quantitative estimate of drug-likeness (QED) is 0.871. The highest BCUT2D eigenvalue weighted by Gasteiger charge is 2.26. The molecular weight excluding hydrogens is 334 g/mol. The van der Waals surface area contributed by atoms with Gasteiger partial charge in [0.1, 0.15) is 5.60 Å². The van der Waals surface area contributed by atoms with Gasteiger partial charge in [0, 0.05) is 18.8 Å². The van der Waals surface area contributed by atoms with Gasteiger partial charge in [0.15, 0.2) is 0 Å². The molecule has 0 saturated heterocycles. The lowest BCUT2D eigenvalue weighted by Gasteiger charge is -2.26. The van der Waals surface area contributed by atoms with Crippen LogP contribution >= 0.6 is 0 Å². The number of imide groups is 1. The molecule has 3 N–H and O–H groups in total. The number of fused-ring (bicyclic) bond motifs is 1. The number of urea groups is 1. The zero-order valence-electron chi connectivity index (χ0n) is 15.8. The van der Waals surface area contributed by atoms with E-state index in [-0.39, 0.29) is 13.1 Å². The molecule has 8 nitrogen and oxygen atoms in total. The van der Waals surface area contributed by atoms with E-state index in [1.165, 1.54) is 0 Å². The molecule has 0 bridgehead atoms. The summed E-state index contributed by atoms with van der Waals surface area (Å²) in [6.07, 6.45) is -0.743. The minimum atomic E-state index is -0.743. The fourth-order valence-corrected chi connectivity index (χ4v) is 2.22. The number of amides is 3. The summed E-state index contributed by atoms with van der Waals surface area (Å²) in [5, 5.41) is 2.68. The number of hydrogen-bond donors (Lipinski definition) is 2. The first-order valence-electron chi connectivity index (χ1n) is 8.37. The van der Waals surface area contributed by atoms with Crippen LogP contribution in [0.3, 0.4) is 0 Å². The van der Waals surface area contributed by atoms with Crippen LogP contribution in [0.2, 0.25) is 0 Å². The number of carbonyl (C=O) groups excluding carboxylic acids is 2. The van der Waals surface area contributed by atoms with Crippen LogP contribution in [0.25, 0.3) is 11.0 Å². The van der Waals surface area contributed by atoms with Gasteiger partial charge in [-0.05, 0) is 52.8 Å². The van der Waals surface area contributed by atoms with E-state index in [0.29, 0.717) is 11.2 Å². The van der Waals surface area contributed by atoms with Gasteiger partial charge in [-0.15, -0.1) is 0 Å². The van der Waals surface area contributed by atoms with Crippen LogP contribution in [0, 0.1) is 13.8 Å².